The molecule has 0 spiro atoms. The molecule has 4 heteroatoms. The van der Waals surface area contributed by atoms with E-state index >= 15 is 0 Å². The van der Waals surface area contributed by atoms with E-state index in [0.29, 0.717) is 11.8 Å². The molecular weight excluding hydrogens is 454 g/mol. The second-order valence-corrected chi connectivity index (χ2v) is 11.0. The molecule has 4 nitrogen and oxygen atoms in total. The van der Waals surface area contributed by atoms with Crippen molar-refractivity contribution in [2.75, 3.05) is 13.1 Å². The van der Waals surface area contributed by atoms with Gasteiger partial charge in [0.2, 0.25) is 0 Å². The SMILES string of the molecule is C=C[C@H]1C[N+]2(Cc3c4ccccc4nc4ccccc34)CC[C@H]1C[C@@H]2[C@@H](O)c1ccnc2ccccc12. The lowest BCUT2D eigenvalue weighted by atomic mass is 9.71. The lowest BCUT2D eigenvalue weighted by Crippen LogP contribution is -2.67. The number of quaternary nitrogens is 1. The zero-order valence-corrected chi connectivity index (χ0v) is 21.0. The topological polar surface area (TPSA) is 46.0 Å². The summed E-state index contributed by atoms with van der Waals surface area (Å²) in [6.07, 6.45) is 5.65. The molecule has 0 amide bonds. The fraction of sp³-hybridized carbons (Fsp3) is 0.273. The fourth-order valence-electron chi connectivity index (χ4n) is 7.38. The second-order valence-electron chi connectivity index (χ2n) is 11.0. The van der Waals surface area contributed by atoms with Gasteiger partial charge >= 0.3 is 0 Å². The van der Waals surface area contributed by atoms with E-state index in [-0.39, 0.29) is 6.04 Å². The predicted octanol–water partition coefficient (Wildman–Crippen LogP) is 6.58. The Morgan fingerprint density at radius 2 is 1.54 bits per heavy atom. The van der Waals surface area contributed by atoms with Gasteiger partial charge in [-0.1, -0.05) is 60.7 Å². The molecule has 8 rings (SSSR count). The normalized spacial score (nSPS) is 26.0. The van der Waals surface area contributed by atoms with Crippen LogP contribution in [0.3, 0.4) is 0 Å². The van der Waals surface area contributed by atoms with Crippen LogP contribution in [0.4, 0.5) is 0 Å². The molecule has 3 aliphatic heterocycles. The summed E-state index contributed by atoms with van der Waals surface area (Å²) in [5.41, 5.74) is 5.37. The van der Waals surface area contributed by atoms with Crippen LogP contribution in [-0.4, -0.2) is 38.7 Å². The van der Waals surface area contributed by atoms with E-state index in [1.165, 1.54) is 22.8 Å². The van der Waals surface area contributed by atoms with Crippen molar-refractivity contribution in [3.8, 4) is 0 Å². The molecule has 2 bridgehead atoms. The highest BCUT2D eigenvalue weighted by Gasteiger charge is 2.54. The molecule has 1 N–H and O–H groups in total. The van der Waals surface area contributed by atoms with Gasteiger partial charge in [0.05, 0.1) is 29.6 Å². The molecule has 184 valence electrons. The minimum Gasteiger partial charge on any atom is -0.382 e. The van der Waals surface area contributed by atoms with Crippen LogP contribution in [0.15, 0.2) is 97.7 Å². The first kappa shape index (κ1) is 22.6. The molecule has 3 aliphatic rings. The highest BCUT2D eigenvalue weighted by Crippen LogP contribution is 2.48. The molecule has 0 saturated carbocycles. The Morgan fingerprint density at radius 3 is 2.24 bits per heavy atom. The summed E-state index contributed by atoms with van der Waals surface area (Å²) in [4.78, 5) is 9.54. The van der Waals surface area contributed by atoms with Crippen molar-refractivity contribution in [2.24, 2.45) is 11.8 Å². The number of nitrogens with zero attached hydrogens (tertiary/aromatic N) is 3. The first-order chi connectivity index (χ1) is 18.2. The average Bonchev–Trinajstić information content (AvgIpc) is 2.96. The van der Waals surface area contributed by atoms with Crippen LogP contribution in [-0.2, 0) is 6.54 Å². The minimum absolute atomic E-state index is 0.117. The third-order valence-electron chi connectivity index (χ3n) is 9.21. The quantitative estimate of drug-likeness (QED) is 0.173. The Labute approximate surface area is 217 Å². The summed E-state index contributed by atoms with van der Waals surface area (Å²) in [6, 6.07) is 27.4. The summed E-state index contributed by atoms with van der Waals surface area (Å²) in [6.45, 7) is 7.19. The fourth-order valence-corrected chi connectivity index (χ4v) is 7.38. The van der Waals surface area contributed by atoms with E-state index in [1.54, 1.807) is 0 Å². The number of rotatable bonds is 5. The predicted molar refractivity (Wildman–Crippen MR) is 150 cm³/mol. The molecule has 5 aromatic rings. The highest BCUT2D eigenvalue weighted by molar-refractivity contribution is 5.97. The van der Waals surface area contributed by atoms with Gasteiger partial charge in [0.1, 0.15) is 18.7 Å². The highest BCUT2D eigenvalue weighted by atomic mass is 16.3. The van der Waals surface area contributed by atoms with Gasteiger partial charge in [0.15, 0.2) is 0 Å². The minimum atomic E-state index is -0.555. The van der Waals surface area contributed by atoms with E-state index in [1.807, 2.05) is 30.5 Å². The maximum atomic E-state index is 12.1. The third kappa shape index (κ3) is 3.58. The molecule has 0 aliphatic carbocycles. The number of fused-ring (bicyclic) bond motifs is 6. The maximum absolute atomic E-state index is 12.1. The first-order valence-corrected chi connectivity index (χ1v) is 13.4. The Balaban J connectivity index is 1.39. The van der Waals surface area contributed by atoms with Crippen LogP contribution in [0.1, 0.15) is 30.1 Å². The summed E-state index contributed by atoms with van der Waals surface area (Å²) < 4.78 is 0.878. The van der Waals surface area contributed by atoms with Gasteiger partial charge < -0.3 is 9.59 Å². The van der Waals surface area contributed by atoms with Gasteiger partial charge in [-0.15, -0.1) is 6.58 Å². The Bertz CT molecular complexity index is 1590. The van der Waals surface area contributed by atoms with Crippen molar-refractivity contribution < 1.29 is 9.59 Å². The monoisotopic (exact) mass is 486 g/mol. The number of para-hydroxylation sites is 3. The third-order valence-corrected chi connectivity index (χ3v) is 9.21. The van der Waals surface area contributed by atoms with E-state index in [9.17, 15) is 5.11 Å². The number of aliphatic hydroxyl groups excluding tert-OH is 1. The van der Waals surface area contributed by atoms with Gasteiger partial charge in [0, 0.05) is 46.7 Å². The van der Waals surface area contributed by atoms with Crippen LogP contribution < -0.4 is 0 Å². The lowest BCUT2D eigenvalue weighted by molar-refractivity contribution is -0.984. The first-order valence-electron chi connectivity index (χ1n) is 13.4. The number of hydrogen-bond acceptors (Lipinski definition) is 3. The zero-order valence-electron chi connectivity index (χ0n) is 21.0. The van der Waals surface area contributed by atoms with Crippen LogP contribution in [0.5, 0.6) is 0 Å². The maximum Gasteiger partial charge on any atom is 0.131 e. The van der Waals surface area contributed by atoms with Crippen LogP contribution >= 0.6 is 0 Å². The number of benzene rings is 3. The molecule has 3 aromatic carbocycles. The summed E-state index contributed by atoms with van der Waals surface area (Å²) in [5, 5.41) is 15.6. The van der Waals surface area contributed by atoms with Crippen LogP contribution in [0.25, 0.3) is 32.7 Å². The second kappa shape index (κ2) is 8.76. The smallest absolute Gasteiger partial charge is 0.131 e. The number of aromatic nitrogens is 2. The van der Waals surface area contributed by atoms with Crippen molar-refractivity contribution in [2.45, 2.75) is 31.5 Å². The van der Waals surface area contributed by atoms with E-state index < -0.39 is 6.10 Å². The van der Waals surface area contributed by atoms with Crippen molar-refractivity contribution in [1.82, 2.24) is 9.97 Å². The number of hydrogen-bond donors (Lipinski definition) is 1. The molecule has 37 heavy (non-hydrogen) atoms. The Morgan fingerprint density at radius 1 is 0.892 bits per heavy atom. The number of pyridine rings is 2. The molecule has 1 unspecified atom stereocenters. The summed E-state index contributed by atoms with van der Waals surface area (Å²) in [5.74, 6) is 1.06. The lowest BCUT2D eigenvalue weighted by Gasteiger charge is -2.58. The standard InChI is InChI=1S/C33H32N3O/c1-2-22-20-36(21-28-25-10-4-7-13-30(25)35-31-14-8-5-11-26(28)31)18-16-23(22)19-32(36)33(37)27-15-17-34-29-12-6-3-9-24(27)29/h2-15,17,22-23,32-33,37H,1,16,18-21H2/q+1/t22-,23-,32+,33-,36?/m0/s1. The zero-order chi connectivity index (χ0) is 25.0. The van der Waals surface area contributed by atoms with E-state index in [4.69, 9.17) is 4.98 Å². The molecule has 3 fully saturated rings. The van der Waals surface area contributed by atoms with Gasteiger partial charge in [-0.05, 0) is 35.7 Å². The summed E-state index contributed by atoms with van der Waals surface area (Å²) >= 11 is 0. The van der Waals surface area contributed by atoms with Gasteiger partial charge in [0.25, 0.3) is 0 Å². The number of aliphatic hydroxyl groups is 1. The molecule has 0 radical (unpaired) electrons. The van der Waals surface area contributed by atoms with Gasteiger partial charge in [-0.25, -0.2) is 4.98 Å². The van der Waals surface area contributed by atoms with E-state index in [2.05, 4.69) is 72.2 Å². The van der Waals surface area contributed by atoms with Gasteiger partial charge in [-0.3, -0.25) is 4.98 Å². The average molecular weight is 487 g/mol. The number of piperidine rings is 3. The largest absolute Gasteiger partial charge is 0.382 e. The Hall–Kier alpha value is -3.60. The van der Waals surface area contributed by atoms with Crippen molar-refractivity contribution in [1.29, 1.82) is 0 Å². The van der Waals surface area contributed by atoms with Crippen molar-refractivity contribution in [3.05, 3.63) is 109 Å². The Kier molecular flexibility index (Phi) is 5.35. The van der Waals surface area contributed by atoms with Gasteiger partial charge in [-0.2, -0.15) is 0 Å². The molecule has 5 heterocycles. The van der Waals surface area contributed by atoms with E-state index in [0.717, 1.165) is 58.0 Å². The van der Waals surface area contributed by atoms with Crippen molar-refractivity contribution in [3.63, 3.8) is 0 Å². The van der Waals surface area contributed by atoms with Crippen molar-refractivity contribution >= 4 is 32.7 Å². The molecule has 5 atom stereocenters. The molecule has 2 aromatic heterocycles. The molecular formula is C33H32N3O+. The summed E-state index contributed by atoms with van der Waals surface area (Å²) in [7, 11) is 0. The van der Waals surface area contributed by atoms with Crippen LogP contribution in [0, 0.1) is 11.8 Å². The van der Waals surface area contributed by atoms with Crippen LogP contribution in [0.2, 0.25) is 0 Å². The molecule has 3 saturated heterocycles.